The van der Waals surface area contributed by atoms with E-state index in [-0.39, 0.29) is 12.8 Å². The Kier molecular flexibility index (Phi) is 2.83. The summed E-state index contributed by atoms with van der Waals surface area (Å²) in [4.78, 5) is 11.2. The first-order valence-electron chi connectivity index (χ1n) is 5.38. The molecule has 0 heterocycles. The standard InChI is InChI=1S/C12H10F4O2/c13-8-4-1-3-7(12(14,15)16)9(8)11(10(17)18)5-2-6-11/h1,3-4H,2,5-6H2,(H,17,18). The number of benzene rings is 1. The van der Waals surface area contributed by atoms with E-state index in [1.54, 1.807) is 0 Å². The van der Waals surface area contributed by atoms with Crippen LogP contribution in [0.15, 0.2) is 18.2 Å². The lowest BCUT2D eigenvalue weighted by Gasteiger charge is -2.39. The molecule has 1 aromatic rings. The Morgan fingerprint density at radius 2 is 1.89 bits per heavy atom. The third-order valence-electron chi connectivity index (χ3n) is 3.41. The molecule has 1 saturated carbocycles. The summed E-state index contributed by atoms with van der Waals surface area (Å²) < 4.78 is 52.2. The van der Waals surface area contributed by atoms with Crippen LogP contribution in [0.1, 0.15) is 30.4 Å². The highest BCUT2D eigenvalue weighted by Gasteiger charge is 2.52. The molecule has 0 atom stereocenters. The summed E-state index contributed by atoms with van der Waals surface area (Å²) in [6, 6.07) is 2.53. The van der Waals surface area contributed by atoms with Crippen LogP contribution in [0.4, 0.5) is 17.6 Å². The van der Waals surface area contributed by atoms with Crippen molar-refractivity contribution in [1.82, 2.24) is 0 Å². The lowest BCUT2D eigenvalue weighted by molar-refractivity contribution is -0.150. The van der Waals surface area contributed by atoms with Crippen LogP contribution in [-0.2, 0) is 16.4 Å². The van der Waals surface area contributed by atoms with Gasteiger partial charge in [-0.3, -0.25) is 4.79 Å². The van der Waals surface area contributed by atoms with Crippen LogP contribution in [0.25, 0.3) is 0 Å². The Morgan fingerprint density at radius 1 is 1.28 bits per heavy atom. The Labute approximate surface area is 100 Å². The van der Waals surface area contributed by atoms with Gasteiger partial charge in [-0.05, 0) is 25.0 Å². The molecule has 0 bridgehead atoms. The molecule has 1 N–H and O–H groups in total. The third kappa shape index (κ3) is 1.76. The van der Waals surface area contributed by atoms with Gasteiger partial charge < -0.3 is 5.11 Å². The Morgan fingerprint density at radius 3 is 2.28 bits per heavy atom. The first kappa shape index (κ1) is 12.9. The zero-order chi connectivity index (χ0) is 13.6. The van der Waals surface area contributed by atoms with Crippen molar-refractivity contribution in [3.05, 3.63) is 35.1 Å². The average molecular weight is 262 g/mol. The van der Waals surface area contributed by atoms with E-state index in [0.717, 1.165) is 18.2 Å². The van der Waals surface area contributed by atoms with Crippen LogP contribution >= 0.6 is 0 Å². The monoisotopic (exact) mass is 262 g/mol. The van der Waals surface area contributed by atoms with Crippen molar-refractivity contribution < 1.29 is 27.5 Å². The summed E-state index contributed by atoms with van der Waals surface area (Å²) in [6.07, 6.45) is -4.20. The van der Waals surface area contributed by atoms with E-state index in [1.807, 2.05) is 0 Å². The van der Waals surface area contributed by atoms with E-state index < -0.39 is 34.5 Å². The topological polar surface area (TPSA) is 37.3 Å². The second-order valence-electron chi connectivity index (χ2n) is 4.40. The van der Waals surface area contributed by atoms with Gasteiger partial charge >= 0.3 is 12.1 Å². The highest BCUT2D eigenvalue weighted by atomic mass is 19.4. The number of halogens is 4. The highest BCUT2D eigenvalue weighted by molar-refractivity contribution is 5.83. The molecule has 2 nitrogen and oxygen atoms in total. The molecule has 0 radical (unpaired) electrons. The maximum absolute atomic E-state index is 13.7. The molecule has 2 rings (SSSR count). The molecular formula is C12H10F4O2. The second kappa shape index (κ2) is 3.96. The molecule has 0 spiro atoms. The minimum atomic E-state index is -4.75. The van der Waals surface area contributed by atoms with E-state index in [4.69, 9.17) is 5.11 Å². The Hall–Kier alpha value is -1.59. The fourth-order valence-electron chi connectivity index (χ4n) is 2.35. The molecule has 1 aromatic carbocycles. The molecule has 18 heavy (non-hydrogen) atoms. The number of carbonyl (C=O) groups is 1. The van der Waals surface area contributed by atoms with Gasteiger partial charge in [-0.2, -0.15) is 13.2 Å². The van der Waals surface area contributed by atoms with E-state index in [1.165, 1.54) is 0 Å². The predicted octanol–water partition coefficient (Wildman–Crippen LogP) is 3.35. The highest BCUT2D eigenvalue weighted by Crippen LogP contribution is 2.49. The summed E-state index contributed by atoms with van der Waals surface area (Å²) in [5.74, 6) is -2.50. The van der Waals surface area contributed by atoms with Crippen LogP contribution in [0, 0.1) is 5.82 Å². The maximum Gasteiger partial charge on any atom is 0.416 e. The molecule has 1 aliphatic rings. The molecule has 98 valence electrons. The van der Waals surface area contributed by atoms with Gasteiger partial charge in [0.15, 0.2) is 0 Å². The van der Waals surface area contributed by atoms with Crippen LogP contribution in [0.3, 0.4) is 0 Å². The zero-order valence-corrected chi connectivity index (χ0v) is 9.22. The van der Waals surface area contributed by atoms with Gasteiger partial charge in [0, 0.05) is 5.56 Å². The van der Waals surface area contributed by atoms with E-state index in [9.17, 15) is 22.4 Å². The summed E-state index contributed by atoms with van der Waals surface area (Å²) in [5.41, 5.74) is -3.64. The Balaban J connectivity index is 2.66. The largest absolute Gasteiger partial charge is 0.481 e. The fraction of sp³-hybridized carbons (Fsp3) is 0.417. The second-order valence-corrected chi connectivity index (χ2v) is 4.40. The van der Waals surface area contributed by atoms with Gasteiger partial charge in [-0.25, -0.2) is 4.39 Å². The number of hydrogen-bond acceptors (Lipinski definition) is 1. The lowest BCUT2D eigenvalue weighted by atomic mass is 9.63. The number of alkyl halides is 3. The summed E-state index contributed by atoms with van der Waals surface area (Å²) >= 11 is 0. The van der Waals surface area contributed by atoms with Crippen LogP contribution in [-0.4, -0.2) is 11.1 Å². The number of aliphatic carboxylic acids is 1. The van der Waals surface area contributed by atoms with Gasteiger partial charge in [0.05, 0.1) is 11.0 Å². The van der Waals surface area contributed by atoms with E-state index in [2.05, 4.69) is 0 Å². The Bertz CT molecular complexity index is 489. The minimum Gasteiger partial charge on any atom is -0.481 e. The van der Waals surface area contributed by atoms with Crippen molar-refractivity contribution in [3.63, 3.8) is 0 Å². The molecule has 0 aromatic heterocycles. The zero-order valence-electron chi connectivity index (χ0n) is 9.22. The van der Waals surface area contributed by atoms with Crippen LogP contribution in [0.2, 0.25) is 0 Å². The molecular weight excluding hydrogens is 252 g/mol. The van der Waals surface area contributed by atoms with Crippen molar-refractivity contribution >= 4 is 5.97 Å². The van der Waals surface area contributed by atoms with Gasteiger partial charge in [-0.1, -0.05) is 12.5 Å². The first-order valence-corrected chi connectivity index (χ1v) is 5.38. The van der Waals surface area contributed by atoms with Crippen molar-refractivity contribution in [2.45, 2.75) is 30.9 Å². The minimum absolute atomic E-state index is 0.0341. The number of hydrogen-bond donors (Lipinski definition) is 1. The molecule has 1 fully saturated rings. The van der Waals surface area contributed by atoms with Crippen molar-refractivity contribution in [2.75, 3.05) is 0 Å². The fourth-order valence-corrected chi connectivity index (χ4v) is 2.35. The normalized spacial score (nSPS) is 18.2. The SMILES string of the molecule is O=C(O)C1(c2c(F)cccc2C(F)(F)F)CCC1. The van der Waals surface area contributed by atoms with Crippen molar-refractivity contribution in [2.24, 2.45) is 0 Å². The average Bonchev–Trinajstić information content (AvgIpc) is 2.16. The van der Waals surface area contributed by atoms with Gasteiger partial charge in [0.2, 0.25) is 0 Å². The number of carboxylic acids is 1. The predicted molar refractivity (Wildman–Crippen MR) is 54.6 cm³/mol. The van der Waals surface area contributed by atoms with E-state index in [0.29, 0.717) is 6.42 Å². The smallest absolute Gasteiger partial charge is 0.416 e. The van der Waals surface area contributed by atoms with Crippen molar-refractivity contribution in [1.29, 1.82) is 0 Å². The molecule has 6 heteroatoms. The van der Waals surface area contributed by atoms with Gasteiger partial charge in [0.25, 0.3) is 0 Å². The van der Waals surface area contributed by atoms with Crippen LogP contribution in [0.5, 0.6) is 0 Å². The van der Waals surface area contributed by atoms with Gasteiger partial charge in [-0.15, -0.1) is 0 Å². The van der Waals surface area contributed by atoms with Crippen LogP contribution < -0.4 is 0 Å². The molecule has 0 saturated heterocycles. The van der Waals surface area contributed by atoms with Gasteiger partial charge in [0.1, 0.15) is 5.82 Å². The number of carboxylic acid groups (broad SMARTS) is 1. The number of rotatable bonds is 2. The quantitative estimate of drug-likeness (QED) is 0.830. The molecule has 0 unspecified atom stereocenters. The van der Waals surface area contributed by atoms with E-state index >= 15 is 0 Å². The lowest BCUT2D eigenvalue weighted by Crippen LogP contribution is -2.44. The third-order valence-corrected chi connectivity index (χ3v) is 3.41. The maximum atomic E-state index is 13.7. The summed E-state index contributed by atoms with van der Waals surface area (Å²) in [7, 11) is 0. The molecule has 1 aliphatic carbocycles. The molecule has 0 aliphatic heterocycles. The molecule has 0 amide bonds. The van der Waals surface area contributed by atoms with Crippen molar-refractivity contribution in [3.8, 4) is 0 Å². The summed E-state index contributed by atoms with van der Waals surface area (Å²) in [6.45, 7) is 0. The summed E-state index contributed by atoms with van der Waals surface area (Å²) in [5, 5.41) is 9.12. The first-order chi connectivity index (χ1) is 8.29.